The number of ether oxygens (including phenoxy) is 2. The fourth-order valence-electron chi connectivity index (χ4n) is 3.53. The molecule has 1 spiro atoms. The second-order valence-electron chi connectivity index (χ2n) is 6.97. The molecule has 2 aliphatic rings. The first kappa shape index (κ1) is 18.6. The van der Waals surface area contributed by atoms with Gasteiger partial charge in [0.25, 0.3) is 5.91 Å². The van der Waals surface area contributed by atoms with E-state index in [4.69, 9.17) is 9.47 Å². The first-order valence-electron chi connectivity index (χ1n) is 9.03. The first-order valence-corrected chi connectivity index (χ1v) is 9.03. The third-order valence-corrected chi connectivity index (χ3v) is 5.14. The average Bonchev–Trinajstić information content (AvgIpc) is 3.12. The van der Waals surface area contributed by atoms with Crippen molar-refractivity contribution in [3.8, 4) is 0 Å². The minimum Gasteiger partial charge on any atom is -0.378 e. The van der Waals surface area contributed by atoms with E-state index < -0.39 is 0 Å². The second kappa shape index (κ2) is 7.60. The van der Waals surface area contributed by atoms with Crippen LogP contribution in [0.1, 0.15) is 30.1 Å². The molecule has 3 rings (SSSR count). The van der Waals surface area contributed by atoms with Gasteiger partial charge in [-0.25, -0.2) is 0 Å². The lowest BCUT2D eigenvalue weighted by molar-refractivity contribution is -0.145. The van der Waals surface area contributed by atoms with Gasteiger partial charge < -0.3 is 19.3 Å². The van der Waals surface area contributed by atoms with Crippen molar-refractivity contribution in [3.63, 3.8) is 0 Å². The molecule has 0 bridgehead atoms. The van der Waals surface area contributed by atoms with Gasteiger partial charge in [-0.05, 0) is 36.8 Å². The number of benzene rings is 1. The smallest absolute Gasteiger partial charge is 0.254 e. The third-order valence-electron chi connectivity index (χ3n) is 5.14. The highest BCUT2D eigenvalue weighted by atomic mass is 16.6. The van der Waals surface area contributed by atoms with Crippen LogP contribution in [0.25, 0.3) is 0 Å². The number of likely N-dealkylation sites (N-methyl/N-ethyl adjacent to an activating group) is 1. The van der Waals surface area contributed by atoms with Crippen molar-refractivity contribution in [3.05, 3.63) is 42.5 Å². The van der Waals surface area contributed by atoms with Crippen LogP contribution in [0.2, 0.25) is 0 Å². The van der Waals surface area contributed by atoms with Crippen molar-refractivity contribution in [2.75, 3.05) is 38.3 Å². The molecule has 1 aromatic rings. The highest BCUT2D eigenvalue weighted by molar-refractivity contribution is 6.01. The Morgan fingerprint density at radius 3 is 2.69 bits per heavy atom. The van der Waals surface area contributed by atoms with E-state index in [1.807, 2.05) is 4.90 Å². The van der Waals surface area contributed by atoms with Crippen LogP contribution in [0.15, 0.2) is 36.9 Å². The van der Waals surface area contributed by atoms with Gasteiger partial charge in [0.2, 0.25) is 5.91 Å². The zero-order valence-corrected chi connectivity index (χ0v) is 15.4. The number of carbonyl (C=O) groups excluding carboxylic acids is 2. The number of morpholine rings is 1. The van der Waals surface area contributed by atoms with Gasteiger partial charge in [-0.3, -0.25) is 9.59 Å². The van der Waals surface area contributed by atoms with E-state index in [0.717, 1.165) is 18.5 Å². The Kier molecular flexibility index (Phi) is 5.44. The topological polar surface area (TPSA) is 59.1 Å². The molecule has 140 valence electrons. The van der Waals surface area contributed by atoms with E-state index in [9.17, 15) is 9.59 Å². The predicted molar refractivity (Wildman–Crippen MR) is 99.3 cm³/mol. The van der Waals surface area contributed by atoms with Crippen LogP contribution >= 0.6 is 0 Å². The van der Waals surface area contributed by atoms with Crippen LogP contribution in [-0.4, -0.2) is 61.8 Å². The standard InChI is InChI=1S/C20H26N2O4/c1-4-17-12-22(13-20(26-17)10-11-25-14-20)19(24)15-6-8-16(9-7-15)21(3)18(23)5-2/h5-9,17H,2,4,10-14H2,1,3H3. The molecule has 2 unspecified atom stereocenters. The number of rotatable bonds is 4. The summed E-state index contributed by atoms with van der Waals surface area (Å²) in [6.07, 6.45) is 2.98. The zero-order valence-electron chi connectivity index (χ0n) is 15.4. The quantitative estimate of drug-likeness (QED) is 0.775. The first-order chi connectivity index (χ1) is 12.5. The van der Waals surface area contributed by atoms with Crippen molar-refractivity contribution in [1.29, 1.82) is 0 Å². The molecule has 0 N–H and O–H groups in total. The molecule has 0 radical (unpaired) electrons. The zero-order chi connectivity index (χ0) is 18.7. The molecule has 0 aliphatic carbocycles. The van der Waals surface area contributed by atoms with E-state index in [1.54, 1.807) is 31.3 Å². The molecule has 2 amide bonds. The molecule has 2 saturated heterocycles. The van der Waals surface area contributed by atoms with Crippen LogP contribution in [0, 0.1) is 0 Å². The molecule has 1 aromatic carbocycles. The van der Waals surface area contributed by atoms with E-state index in [0.29, 0.717) is 31.9 Å². The molecular formula is C20H26N2O4. The van der Waals surface area contributed by atoms with Gasteiger partial charge in [-0.2, -0.15) is 0 Å². The summed E-state index contributed by atoms with van der Waals surface area (Å²) >= 11 is 0. The predicted octanol–water partition coefficient (Wildman–Crippen LogP) is 2.25. The molecule has 6 heteroatoms. The van der Waals surface area contributed by atoms with Crippen molar-refractivity contribution in [2.45, 2.75) is 31.5 Å². The van der Waals surface area contributed by atoms with Gasteiger partial charge in [0.1, 0.15) is 5.60 Å². The minimum absolute atomic E-state index is 0.0118. The Bertz CT molecular complexity index is 680. The van der Waals surface area contributed by atoms with E-state index in [2.05, 4.69) is 13.5 Å². The maximum absolute atomic E-state index is 13.0. The number of amides is 2. The van der Waals surface area contributed by atoms with Gasteiger partial charge in [-0.1, -0.05) is 13.5 Å². The lowest BCUT2D eigenvalue weighted by Gasteiger charge is -2.43. The summed E-state index contributed by atoms with van der Waals surface area (Å²) in [5, 5.41) is 0. The number of nitrogens with zero attached hydrogens (tertiary/aromatic N) is 2. The monoisotopic (exact) mass is 358 g/mol. The molecule has 0 saturated carbocycles. The summed E-state index contributed by atoms with van der Waals surface area (Å²) in [7, 11) is 1.68. The lowest BCUT2D eigenvalue weighted by Crippen LogP contribution is -2.57. The summed E-state index contributed by atoms with van der Waals surface area (Å²) in [6, 6.07) is 7.08. The fraction of sp³-hybridized carbons (Fsp3) is 0.500. The van der Waals surface area contributed by atoms with E-state index in [-0.39, 0.29) is 23.5 Å². The highest BCUT2D eigenvalue weighted by Crippen LogP contribution is 2.31. The number of anilines is 1. The lowest BCUT2D eigenvalue weighted by atomic mass is 9.97. The SMILES string of the molecule is C=CC(=O)N(C)c1ccc(C(=O)N2CC(CC)OC3(CCOC3)C2)cc1. The number of hydrogen-bond donors (Lipinski definition) is 0. The largest absolute Gasteiger partial charge is 0.378 e. The van der Waals surface area contributed by atoms with Gasteiger partial charge in [0.15, 0.2) is 0 Å². The normalized spacial score (nSPS) is 25.3. The minimum atomic E-state index is -0.370. The Morgan fingerprint density at radius 1 is 1.38 bits per heavy atom. The maximum Gasteiger partial charge on any atom is 0.254 e. The van der Waals surface area contributed by atoms with E-state index in [1.165, 1.54) is 11.0 Å². The van der Waals surface area contributed by atoms with E-state index >= 15 is 0 Å². The molecule has 0 aromatic heterocycles. The summed E-state index contributed by atoms with van der Waals surface area (Å²) in [6.45, 7) is 7.93. The maximum atomic E-state index is 13.0. The fourth-order valence-corrected chi connectivity index (χ4v) is 3.53. The van der Waals surface area contributed by atoms with Gasteiger partial charge in [0, 0.05) is 37.9 Å². The average molecular weight is 358 g/mol. The van der Waals surface area contributed by atoms with Crippen molar-refractivity contribution >= 4 is 17.5 Å². The second-order valence-corrected chi connectivity index (χ2v) is 6.97. The summed E-state index contributed by atoms with van der Waals surface area (Å²) in [4.78, 5) is 28.1. The molecule has 2 fully saturated rings. The third kappa shape index (κ3) is 3.66. The Labute approximate surface area is 154 Å². The van der Waals surface area contributed by atoms with Crippen LogP contribution in [0.5, 0.6) is 0 Å². The molecule has 6 nitrogen and oxygen atoms in total. The molecule has 26 heavy (non-hydrogen) atoms. The molecule has 2 atom stereocenters. The molecule has 2 heterocycles. The summed E-state index contributed by atoms with van der Waals surface area (Å²) in [5.74, 6) is -0.200. The van der Waals surface area contributed by atoms with Crippen LogP contribution in [0.4, 0.5) is 5.69 Å². The van der Waals surface area contributed by atoms with Crippen molar-refractivity contribution in [2.24, 2.45) is 0 Å². The summed E-state index contributed by atoms with van der Waals surface area (Å²) < 4.78 is 11.7. The molecular weight excluding hydrogens is 332 g/mol. The summed E-state index contributed by atoms with van der Waals surface area (Å²) in [5.41, 5.74) is 0.963. The Balaban J connectivity index is 1.75. The van der Waals surface area contributed by atoms with Crippen LogP contribution in [-0.2, 0) is 14.3 Å². The number of hydrogen-bond acceptors (Lipinski definition) is 4. The van der Waals surface area contributed by atoms with Crippen LogP contribution in [0.3, 0.4) is 0 Å². The van der Waals surface area contributed by atoms with Crippen molar-refractivity contribution in [1.82, 2.24) is 4.90 Å². The van der Waals surface area contributed by atoms with Crippen molar-refractivity contribution < 1.29 is 19.1 Å². The van der Waals surface area contributed by atoms with Crippen LogP contribution < -0.4 is 4.90 Å². The highest BCUT2D eigenvalue weighted by Gasteiger charge is 2.44. The Morgan fingerprint density at radius 2 is 2.12 bits per heavy atom. The Hall–Kier alpha value is -2.18. The number of carbonyl (C=O) groups is 2. The van der Waals surface area contributed by atoms with Gasteiger partial charge in [0.05, 0.1) is 19.3 Å². The van der Waals surface area contributed by atoms with Gasteiger partial charge >= 0.3 is 0 Å². The van der Waals surface area contributed by atoms with Gasteiger partial charge in [-0.15, -0.1) is 0 Å². The molecule has 2 aliphatic heterocycles.